The lowest BCUT2D eigenvalue weighted by Crippen LogP contribution is -2.23. The van der Waals surface area contributed by atoms with Gasteiger partial charge < -0.3 is 15.2 Å². The number of rotatable bonds is 4. The van der Waals surface area contributed by atoms with Crippen LogP contribution in [0.3, 0.4) is 0 Å². The summed E-state index contributed by atoms with van der Waals surface area (Å²) in [5, 5.41) is 12.6. The number of carbonyl (C=O) groups excluding carboxylic acids is 1. The maximum atomic E-state index is 12.0. The smallest absolute Gasteiger partial charge is 0.240 e. The summed E-state index contributed by atoms with van der Waals surface area (Å²) < 4.78 is 31.1. The number of amides is 1. The van der Waals surface area contributed by atoms with Crippen LogP contribution in [0, 0.1) is 0 Å². The molecule has 132 valence electrons. The molecule has 0 spiro atoms. The summed E-state index contributed by atoms with van der Waals surface area (Å²) in [6, 6.07) is 9.54. The predicted molar refractivity (Wildman–Crippen MR) is 92.4 cm³/mol. The normalized spacial score (nSPS) is 16.9. The van der Waals surface area contributed by atoms with Gasteiger partial charge in [-0.3, -0.25) is 4.79 Å². The van der Waals surface area contributed by atoms with Crippen LogP contribution in [-0.4, -0.2) is 33.6 Å². The Morgan fingerprint density at radius 3 is 2.52 bits per heavy atom. The molecule has 0 saturated carbocycles. The first-order valence-electron chi connectivity index (χ1n) is 7.60. The van der Waals surface area contributed by atoms with Crippen LogP contribution in [0.15, 0.2) is 41.3 Å². The number of hydrogen-bond donors (Lipinski definition) is 3. The standard InChI is InChI=1S/C17H18N2O5S/c1-18-25(22,23)11-5-3-10(4-6-11)12-8-17(21)19-14-9-15(20)16(24-2)7-13(12)14/h3-7,9,12,18,20H,8H2,1-2H3,(H,19,21)/t12-/m1/s1. The number of sulfonamides is 1. The van der Waals surface area contributed by atoms with E-state index in [2.05, 4.69) is 10.0 Å². The topological polar surface area (TPSA) is 105 Å². The molecule has 1 aliphatic heterocycles. The van der Waals surface area contributed by atoms with Crippen molar-refractivity contribution in [1.82, 2.24) is 4.72 Å². The van der Waals surface area contributed by atoms with Gasteiger partial charge in [-0.15, -0.1) is 0 Å². The Hall–Kier alpha value is -2.58. The number of methoxy groups -OCH3 is 1. The van der Waals surface area contributed by atoms with Crippen molar-refractivity contribution in [3.63, 3.8) is 0 Å². The number of aromatic hydroxyl groups is 1. The first kappa shape index (κ1) is 17.2. The van der Waals surface area contributed by atoms with Gasteiger partial charge in [0.2, 0.25) is 15.9 Å². The Morgan fingerprint density at radius 2 is 1.92 bits per heavy atom. The minimum Gasteiger partial charge on any atom is -0.504 e. The number of nitrogens with one attached hydrogen (secondary N) is 2. The molecule has 1 atom stereocenters. The van der Waals surface area contributed by atoms with Crippen LogP contribution >= 0.6 is 0 Å². The van der Waals surface area contributed by atoms with Crippen LogP contribution in [0.2, 0.25) is 0 Å². The summed E-state index contributed by atoms with van der Waals surface area (Å²) in [7, 11) is -0.711. The molecule has 2 aromatic carbocycles. The monoisotopic (exact) mass is 362 g/mol. The number of ether oxygens (including phenoxy) is 1. The average molecular weight is 362 g/mol. The van der Waals surface area contributed by atoms with E-state index in [9.17, 15) is 18.3 Å². The number of phenolic OH excluding ortho intramolecular Hbond substituents is 1. The van der Waals surface area contributed by atoms with Crippen molar-refractivity contribution in [3.8, 4) is 11.5 Å². The second-order valence-electron chi connectivity index (χ2n) is 5.69. The van der Waals surface area contributed by atoms with Gasteiger partial charge in [0.15, 0.2) is 11.5 Å². The number of fused-ring (bicyclic) bond motifs is 1. The van der Waals surface area contributed by atoms with Crippen LogP contribution < -0.4 is 14.8 Å². The van der Waals surface area contributed by atoms with Crippen molar-refractivity contribution in [2.24, 2.45) is 0 Å². The molecule has 0 aliphatic carbocycles. The van der Waals surface area contributed by atoms with Gasteiger partial charge in [0.05, 0.1) is 12.0 Å². The number of hydrogen-bond acceptors (Lipinski definition) is 5. The van der Waals surface area contributed by atoms with E-state index in [0.717, 1.165) is 11.1 Å². The summed E-state index contributed by atoms with van der Waals surface area (Å²) in [6.07, 6.45) is 0.221. The number of phenols is 1. The van der Waals surface area contributed by atoms with Crippen LogP contribution in [0.5, 0.6) is 11.5 Å². The Bertz CT molecular complexity index is 923. The van der Waals surface area contributed by atoms with Crippen LogP contribution in [0.1, 0.15) is 23.5 Å². The van der Waals surface area contributed by atoms with Crippen molar-refractivity contribution in [2.75, 3.05) is 19.5 Å². The molecule has 0 radical (unpaired) electrons. The molecule has 3 N–H and O–H groups in total. The maximum Gasteiger partial charge on any atom is 0.240 e. The highest BCUT2D eigenvalue weighted by atomic mass is 32.2. The molecule has 1 amide bonds. The van der Waals surface area contributed by atoms with Gasteiger partial charge in [0, 0.05) is 24.1 Å². The highest BCUT2D eigenvalue weighted by Gasteiger charge is 2.28. The van der Waals surface area contributed by atoms with E-state index in [4.69, 9.17) is 4.74 Å². The van der Waals surface area contributed by atoms with E-state index in [0.29, 0.717) is 11.4 Å². The molecule has 25 heavy (non-hydrogen) atoms. The highest BCUT2D eigenvalue weighted by Crippen LogP contribution is 2.42. The third kappa shape index (κ3) is 3.18. The Kier molecular flexibility index (Phi) is 4.40. The zero-order valence-electron chi connectivity index (χ0n) is 13.7. The van der Waals surface area contributed by atoms with Crippen molar-refractivity contribution < 1.29 is 23.1 Å². The molecule has 3 rings (SSSR count). The molecular weight excluding hydrogens is 344 g/mol. The van der Waals surface area contributed by atoms with Gasteiger partial charge in [0.25, 0.3) is 0 Å². The van der Waals surface area contributed by atoms with Crippen molar-refractivity contribution in [2.45, 2.75) is 17.2 Å². The zero-order chi connectivity index (χ0) is 18.2. The molecule has 0 unspecified atom stereocenters. The van der Waals surface area contributed by atoms with Crippen molar-refractivity contribution in [1.29, 1.82) is 0 Å². The van der Waals surface area contributed by atoms with Gasteiger partial charge in [-0.1, -0.05) is 12.1 Å². The number of anilines is 1. The maximum absolute atomic E-state index is 12.0. The lowest BCUT2D eigenvalue weighted by molar-refractivity contribution is -0.116. The molecular formula is C17H18N2O5S. The molecule has 0 fully saturated rings. The quantitative estimate of drug-likeness (QED) is 0.769. The summed E-state index contributed by atoms with van der Waals surface area (Å²) in [4.78, 5) is 12.2. The van der Waals surface area contributed by atoms with Gasteiger partial charge in [-0.2, -0.15) is 0 Å². The average Bonchev–Trinajstić information content (AvgIpc) is 2.60. The fourth-order valence-electron chi connectivity index (χ4n) is 2.94. The van der Waals surface area contributed by atoms with Crippen LogP contribution in [0.4, 0.5) is 5.69 Å². The summed E-state index contributed by atoms with van der Waals surface area (Å²) in [5.41, 5.74) is 2.13. The van der Waals surface area contributed by atoms with E-state index >= 15 is 0 Å². The highest BCUT2D eigenvalue weighted by molar-refractivity contribution is 7.89. The molecule has 8 heteroatoms. The number of benzene rings is 2. The third-order valence-corrected chi connectivity index (χ3v) is 5.68. The summed E-state index contributed by atoms with van der Waals surface area (Å²) in [6.45, 7) is 0. The molecule has 0 bridgehead atoms. The minimum atomic E-state index is -3.52. The van der Waals surface area contributed by atoms with Crippen LogP contribution in [0.25, 0.3) is 0 Å². The van der Waals surface area contributed by atoms with Gasteiger partial charge in [0.1, 0.15) is 0 Å². The van der Waals surface area contributed by atoms with Gasteiger partial charge >= 0.3 is 0 Å². The second-order valence-corrected chi connectivity index (χ2v) is 7.58. The van der Waals surface area contributed by atoms with Crippen LogP contribution in [-0.2, 0) is 14.8 Å². The third-order valence-electron chi connectivity index (χ3n) is 4.25. The fraction of sp³-hybridized carbons (Fsp3) is 0.235. The summed E-state index contributed by atoms with van der Waals surface area (Å²) in [5.74, 6) is -0.175. The Labute approximate surface area is 145 Å². The lowest BCUT2D eigenvalue weighted by Gasteiger charge is -2.27. The van der Waals surface area contributed by atoms with Gasteiger partial charge in [-0.05, 0) is 36.4 Å². The number of carbonyl (C=O) groups is 1. The molecule has 1 aliphatic rings. The molecule has 1 heterocycles. The fourth-order valence-corrected chi connectivity index (χ4v) is 3.67. The predicted octanol–water partition coefficient (Wildman–Crippen LogP) is 1.78. The SMILES string of the molecule is CNS(=O)(=O)c1ccc([C@H]2CC(=O)Nc3cc(O)c(OC)cc32)cc1. The molecule has 7 nitrogen and oxygen atoms in total. The van der Waals surface area contributed by atoms with E-state index in [-0.39, 0.29) is 28.9 Å². The first-order chi connectivity index (χ1) is 11.9. The van der Waals surface area contributed by atoms with E-state index < -0.39 is 10.0 Å². The van der Waals surface area contributed by atoms with E-state index in [1.807, 2.05) is 0 Å². The van der Waals surface area contributed by atoms with Crippen molar-refractivity contribution >= 4 is 21.6 Å². The van der Waals surface area contributed by atoms with Gasteiger partial charge in [-0.25, -0.2) is 13.1 Å². The molecule has 0 saturated heterocycles. The molecule has 0 aromatic heterocycles. The van der Waals surface area contributed by atoms with E-state index in [1.54, 1.807) is 18.2 Å². The first-order valence-corrected chi connectivity index (χ1v) is 9.08. The largest absolute Gasteiger partial charge is 0.504 e. The lowest BCUT2D eigenvalue weighted by atomic mass is 9.84. The Balaban J connectivity index is 2.05. The Morgan fingerprint density at radius 1 is 1.24 bits per heavy atom. The van der Waals surface area contributed by atoms with E-state index in [1.165, 1.54) is 32.4 Å². The zero-order valence-corrected chi connectivity index (χ0v) is 14.6. The van der Waals surface area contributed by atoms with Crippen molar-refractivity contribution in [3.05, 3.63) is 47.5 Å². The minimum absolute atomic E-state index is 0.0577. The summed E-state index contributed by atoms with van der Waals surface area (Å²) >= 11 is 0. The second kappa shape index (κ2) is 6.38. The molecule has 2 aromatic rings.